The predicted molar refractivity (Wildman–Crippen MR) is 92.7 cm³/mol. The lowest BCUT2D eigenvalue weighted by Crippen LogP contribution is -2.14. The predicted octanol–water partition coefficient (Wildman–Crippen LogP) is 4.05. The Morgan fingerprint density at radius 3 is 2.71 bits per heavy atom. The molecule has 2 rings (SSSR count). The molecule has 2 aromatic heterocycles. The summed E-state index contributed by atoms with van der Waals surface area (Å²) in [5.41, 5.74) is 3.20. The Labute approximate surface area is 136 Å². The fraction of sp³-hybridized carbons (Fsp3) is 0.733. The normalized spacial score (nSPS) is 13.2. The van der Waals surface area contributed by atoms with E-state index in [1.54, 1.807) is 0 Å². The smallest absolute Gasteiger partial charge is 0.159 e. The topological polar surface area (TPSA) is 35.6 Å². The number of thioether (sulfide) groups is 1. The van der Waals surface area contributed by atoms with Crippen LogP contribution in [0.5, 0.6) is 0 Å². The first-order valence-corrected chi connectivity index (χ1v) is 9.40. The Hall–Kier alpha value is -0.680. The molecule has 0 aromatic carbocycles. The zero-order valence-electron chi connectivity index (χ0n) is 13.4. The van der Waals surface area contributed by atoms with E-state index < -0.39 is 0 Å². The number of alkyl halides is 1. The molecule has 2 aromatic rings. The van der Waals surface area contributed by atoms with Crippen LogP contribution in [-0.4, -0.2) is 36.7 Å². The fourth-order valence-corrected chi connectivity index (χ4v) is 3.67. The Balaban J connectivity index is 2.43. The van der Waals surface area contributed by atoms with Crippen molar-refractivity contribution in [2.45, 2.75) is 53.1 Å². The highest BCUT2D eigenvalue weighted by atomic mass is 35.5. The van der Waals surface area contributed by atoms with Crippen molar-refractivity contribution in [1.82, 2.24) is 19.3 Å². The molecule has 4 nitrogen and oxygen atoms in total. The molecular weight excluding hydrogens is 304 g/mol. The van der Waals surface area contributed by atoms with E-state index in [-0.39, 0.29) is 0 Å². The maximum Gasteiger partial charge on any atom is 0.159 e. The summed E-state index contributed by atoms with van der Waals surface area (Å²) < 4.78 is 4.43. The SMILES string of the molecule is CCSCCC(C)n1c(CCCl)nc2c(C)nn(CC)c21. The van der Waals surface area contributed by atoms with E-state index in [0.29, 0.717) is 11.9 Å². The van der Waals surface area contributed by atoms with Gasteiger partial charge in [0.05, 0.1) is 5.69 Å². The van der Waals surface area contributed by atoms with E-state index in [2.05, 4.69) is 35.1 Å². The second kappa shape index (κ2) is 7.54. The van der Waals surface area contributed by atoms with Crippen molar-refractivity contribution < 1.29 is 0 Å². The summed E-state index contributed by atoms with van der Waals surface area (Å²) in [5.74, 6) is 4.05. The van der Waals surface area contributed by atoms with Gasteiger partial charge in [0.25, 0.3) is 0 Å². The summed E-state index contributed by atoms with van der Waals surface area (Å²) in [7, 11) is 0. The lowest BCUT2D eigenvalue weighted by molar-refractivity contribution is 0.510. The van der Waals surface area contributed by atoms with Gasteiger partial charge >= 0.3 is 0 Å². The molecule has 118 valence electrons. The molecule has 0 aliphatic rings. The third kappa shape index (κ3) is 3.39. The lowest BCUT2D eigenvalue weighted by atomic mass is 10.2. The molecule has 0 saturated heterocycles. The summed E-state index contributed by atoms with van der Waals surface area (Å²) >= 11 is 7.96. The van der Waals surface area contributed by atoms with Crippen molar-refractivity contribution in [2.24, 2.45) is 0 Å². The molecule has 0 fully saturated rings. The van der Waals surface area contributed by atoms with E-state index >= 15 is 0 Å². The molecule has 0 aliphatic carbocycles. The third-order valence-electron chi connectivity index (χ3n) is 3.76. The number of imidazole rings is 1. The maximum absolute atomic E-state index is 5.97. The van der Waals surface area contributed by atoms with Crippen LogP contribution in [0.3, 0.4) is 0 Å². The molecule has 2 heterocycles. The molecule has 0 amide bonds. The van der Waals surface area contributed by atoms with Gasteiger partial charge in [-0.15, -0.1) is 11.6 Å². The second-order valence-corrected chi connectivity index (χ2v) is 7.02. The van der Waals surface area contributed by atoms with Gasteiger partial charge in [-0.25, -0.2) is 9.67 Å². The summed E-state index contributed by atoms with van der Waals surface area (Å²) in [4.78, 5) is 4.81. The number of halogens is 1. The molecule has 1 unspecified atom stereocenters. The van der Waals surface area contributed by atoms with Crippen molar-refractivity contribution in [3.05, 3.63) is 11.5 Å². The number of aryl methyl sites for hydroxylation is 3. The minimum atomic E-state index is 0.425. The molecule has 21 heavy (non-hydrogen) atoms. The van der Waals surface area contributed by atoms with Crippen molar-refractivity contribution in [3.8, 4) is 0 Å². The summed E-state index contributed by atoms with van der Waals surface area (Å²) in [5, 5.41) is 4.60. The number of fused-ring (bicyclic) bond motifs is 1. The first-order chi connectivity index (χ1) is 10.1. The van der Waals surface area contributed by atoms with Gasteiger partial charge in [-0.05, 0) is 38.7 Å². The van der Waals surface area contributed by atoms with E-state index in [1.807, 2.05) is 18.7 Å². The molecule has 0 saturated carbocycles. The number of nitrogens with zero attached hydrogens (tertiary/aromatic N) is 4. The van der Waals surface area contributed by atoms with E-state index in [4.69, 9.17) is 16.6 Å². The number of hydrogen-bond donors (Lipinski definition) is 0. The van der Waals surface area contributed by atoms with Crippen molar-refractivity contribution in [2.75, 3.05) is 17.4 Å². The molecule has 0 radical (unpaired) electrons. The van der Waals surface area contributed by atoms with Crippen LogP contribution in [0.1, 0.15) is 44.8 Å². The van der Waals surface area contributed by atoms with Gasteiger partial charge in [0.2, 0.25) is 0 Å². The molecular formula is C15H25ClN4S. The second-order valence-electron chi connectivity index (χ2n) is 5.25. The number of aromatic nitrogens is 4. The van der Waals surface area contributed by atoms with Gasteiger partial charge in [0, 0.05) is 24.9 Å². The molecule has 0 aliphatic heterocycles. The number of rotatable bonds is 8. The quantitative estimate of drug-likeness (QED) is 0.542. The van der Waals surface area contributed by atoms with Crippen LogP contribution in [-0.2, 0) is 13.0 Å². The minimum absolute atomic E-state index is 0.425. The zero-order chi connectivity index (χ0) is 15.4. The number of hydrogen-bond acceptors (Lipinski definition) is 3. The highest BCUT2D eigenvalue weighted by Crippen LogP contribution is 2.26. The molecule has 0 spiro atoms. The van der Waals surface area contributed by atoms with Crippen molar-refractivity contribution in [3.63, 3.8) is 0 Å². The summed E-state index contributed by atoms with van der Waals surface area (Å²) in [6, 6.07) is 0.425. The highest BCUT2D eigenvalue weighted by Gasteiger charge is 2.21. The molecule has 6 heteroatoms. The first-order valence-electron chi connectivity index (χ1n) is 7.71. The third-order valence-corrected chi connectivity index (χ3v) is 4.88. The Morgan fingerprint density at radius 2 is 2.10 bits per heavy atom. The standard InChI is InChI=1S/C15H25ClN4S/c1-5-19-15-14(12(4)18-19)17-13(7-9-16)20(15)11(3)8-10-21-6-2/h11H,5-10H2,1-4H3. The molecule has 0 bridgehead atoms. The van der Waals surface area contributed by atoms with Crippen LogP contribution < -0.4 is 0 Å². The Kier molecular flexibility index (Phi) is 5.99. The summed E-state index contributed by atoms with van der Waals surface area (Å²) in [6.45, 7) is 9.51. The van der Waals surface area contributed by atoms with Gasteiger partial charge in [-0.2, -0.15) is 16.9 Å². The van der Waals surface area contributed by atoms with Crippen LogP contribution in [0.15, 0.2) is 0 Å². The average molecular weight is 329 g/mol. The molecule has 0 N–H and O–H groups in total. The largest absolute Gasteiger partial charge is 0.310 e. The zero-order valence-corrected chi connectivity index (χ0v) is 15.0. The van der Waals surface area contributed by atoms with Gasteiger partial charge in [-0.3, -0.25) is 0 Å². The fourth-order valence-electron chi connectivity index (χ4n) is 2.71. The minimum Gasteiger partial charge on any atom is -0.310 e. The van der Waals surface area contributed by atoms with Crippen LogP contribution in [0.2, 0.25) is 0 Å². The van der Waals surface area contributed by atoms with Gasteiger partial charge < -0.3 is 4.57 Å². The van der Waals surface area contributed by atoms with E-state index in [0.717, 1.165) is 42.1 Å². The van der Waals surface area contributed by atoms with Crippen LogP contribution in [0, 0.1) is 6.92 Å². The monoisotopic (exact) mass is 328 g/mol. The van der Waals surface area contributed by atoms with Gasteiger partial charge in [0.15, 0.2) is 5.65 Å². The van der Waals surface area contributed by atoms with Crippen LogP contribution >= 0.6 is 23.4 Å². The Morgan fingerprint density at radius 1 is 1.33 bits per heavy atom. The maximum atomic E-state index is 5.97. The van der Waals surface area contributed by atoms with Crippen LogP contribution in [0.4, 0.5) is 0 Å². The highest BCUT2D eigenvalue weighted by molar-refractivity contribution is 7.99. The summed E-state index contributed by atoms with van der Waals surface area (Å²) in [6.07, 6.45) is 1.96. The van der Waals surface area contributed by atoms with E-state index in [9.17, 15) is 0 Å². The average Bonchev–Trinajstić information content (AvgIpc) is 2.97. The van der Waals surface area contributed by atoms with Gasteiger partial charge in [0.1, 0.15) is 11.3 Å². The Bertz CT molecular complexity index is 590. The lowest BCUT2D eigenvalue weighted by Gasteiger charge is -2.17. The van der Waals surface area contributed by atoms with Crippen molar-refractivity contribution >= 4 is 34.5 Å². The van der Waals surface area contributed by atoms with E-state index in [1.165, 1.54) is 11.5 Å². The van der Waals surface area contributed by atoms with Crippen molar-refractivity contribution in [1.29, 1.82) is 0 Å². The van der Waals surface area contributed by atoms with Gasteiger partial charge in [-0.1, -0.05) is 6.92 Å². The molecule has 1 atom stereocenters. The van der Waals surface area contributed by atoms with Crippen LogP contribution in [0.25, 0.3) is 11.2 Å². The first kappa shape index (κ1) is 16.7.